The molecule has 0 aliphatic carbocycles. The predicted octanol–water partition coefficient (Wildman–Crippen LogP) is 4.23. The Labute approximate surface area is 224 Å². The van der Waals surface area contributed by atoms with E-state index in [1.807, 2.05) is 0 Å². The van der Waals surface area contributed by atoms with Crippen molar-refractivity contribution in [1.82, 2.24) is 15.6 Å². The summed E-state index contributed by atoms with van der Waals surface area (Å²) >= 11 is 12.3. The standard InChI is InChI=1S/C24H25Cl2F2N7O2/c1-13(2)24(3,30)21(36)33-19-11-35(34-20(19)14-7-8-17(25)18(26)9-14)23(31-12-29)32-15-5-4-6-16(10-15)37-22(27)28/h4-10,13,19,22H,11,30H2,1-3H3,(H,31,32)(H,33,36)/t19?,24-/m0/s1/i1D/t13?,19?,24-. The first-order chi connectivity index (χ1) is 18.0. The van der Waals surface area contributed by atoms with E-state index < -0.39 is 30.0 Å². The van der Waals surface area contributed by atoms with E-state index in [-0.39, 0.29) is 35.9 Å². The minimum atomic E-state index is -3.02. The number of halogens is 4. The van der Waals surface area contributed by atoms with Crippen molar-refractivity contribution in [3.05, 3.63) is 58.1 Å². The van der Waals surface area contributed by atoms with Gasteiger partial charge in [-0.1, -0.05) is 49.2 Å². The summed E-state index contributed by atoms with van der Waals surface area (Å²) < 4.78 is 37.3. The first kappa shape index (κ1) is 26.6. The summed E-state index contributed by atoms with van der Waals surface area (Å²) in [6.07, 6.45) is 1.78. The number of alkyl halides is 2. The average molecular weight is 553 g/mol. The van der Waals surface area contributed by atoms with Crippen LogP contribution >= 0.6 is 23.2 Å². The van der Waals surface area contributed by atoms with Gasteiger partial charge in [0.05, 0.1) is 39.6 Å². The van der Waals surface area contributed by atoms with Crippen LogP contribution in [0, 0.1) is 17.4 Å². The van der Waals surface area contributed by atoms with Crippen LogP contribution in [0.3, 0.4) is 0 Å². The molecule has 1 heterocycles. The number of carbonyl (C=O) groups is 1. The predicted molar refractivity (Wildman–Crippen MR) is 138 cm³/mol. The van der Waals surface area contributed by atoms with E-state index in [2.05, 4.69) is 25.5 Å². The highest BCUT2D eigenvalue weighted by molar-refractivity contribution is 6.42. The second kappa shape index (κ2) is 11.7. The highest BCUT2D eigenvalue weighted by Crippen LogP contribution is 2.27. The topological polar surface area (TPSA) is 128 Å². The quantitative estimate of drug-likeness (QED) is 0.204. The zero-order chi connectivity index (χ0) is 28.0. The smallest absolute Gasteiger partial charge is 0.387 e. The maximum atomic E-state index is 13.1. The van der Waals surface area contributed by atoms with Gasteiger partial charge in [0.25, 0.3) is 0 Å². The normalized spacial score (nSPS) is 18.4. The molecule has 3 rings (SSSR count). The van der Waals surface area contributed by atoms with Gasteiger partial charge in [-0.15, -0.1) is 0 Å². The number of nitrogens with zero attached hydrogens (tertiary/aromatic N) is 4. The Hall–Kier alpha value is -3.46. The van der Waals surface area contributed by atoms with Crippen molar-refractivity contribution in [1.29, 1.82) is 5.26 Å². The SMILES string of the molecule is [2H]CC(C)[C@](C)(N)C(=O)NC1CN(C(=Nc2cccc(OC(F)F)c2)NC#N)N=C1c1ccc(Cl)c(Cl)c1. The molecule has 2 aromatic carbocycles. The first-order valence-electron chi connectivity index (χ1n) is 11.7. The molecule has 4 N–H and O–H groups in total. The van der Waals surface area contributed by atoms with E-state index in [0.29, 0.717) is 16.3 Å². The second-order valence-corrected chi connectivity index (χ2v) is 9.27. The van der Waals surface area contributed by atoms with E-state index in [0.717, 1.165) is 0 Å². The summed E-state index contributed by atoms with van der Waals surface area (Å²) in [5.74, 6) is -1.09. The summed E-state index contributed by atoms with van der Waals surface area (Å²) in [5.41, 5.74) is 6.04. The molecular weight excluding hydrogens is 527 g/mol. The maximum absolute atomic E-state index is 13.1. The Morgan fingerprint density at radius 3 is 2.78 bits per heavy atom. The van der Waals surface area contributed by atoms with Crippen LogP contribution in [-0.4, -0.2) is 47.3 Å². The van der Waals surface area contributed by atoms with Gasteiger partial charge in [-0.3, -0.25) is 10.1 Å². The van der Waals surface area contributed by atoms with E-state index in [4.69, 9.17) is 30.3 Å². The lowest BCUT2D eigenvalue weighted by Gasteiger charge is -2.29. The molecule has 1 amide bonds. The molecule has 196 valence electrons. The number of nitrogens with two attached hydrogens (primary N) is 1. The molecule has 2 aromatic rings. The fraction of sp³-hybridized carbons (Fsp3) is 0.333. The molecule has 3 atom stereocenters. The summed E-state index contributed by atoms with van der Waals surface area (Å²) in [6.45, 7) is 0.214. The molecule has 2 unspecified atom stereocenters. The van der Waals surface area contributed by atoms with Gasteiger partial charge in [-0.05, 0) is 37.1 Å². The molecule has 1 aliphatic heterocycles. The van der Waals surface area contributed by atoms with Crippen molar-refractivity contribution in [2.75, 3.05) is 6.54 Å². The number of hydrogen-bond acceptors (Lipinski definition) is 6. The van der Waals surface area contributed by atoms with E-state index >= 15 is 0 Å². The van der Waals surface area contributed by atoms with Crippen molar-refractivity contribution in [2.24, 2.45) is 21.7 Å². The number of guanidine groups is 1. The molecule has 13 heteroatoms. The molecular formula is C24H25Cl2F2N7O2. The number of aliphatic imine (C=N–C) groups is 1. The van der Waals surface area contributed by atoms with Crippen LogP contribution in [-0.2, 0) is 4.79 Å². The third-order valence-electron chi connectivity index (χ3n) is 5.64. The van der Waals surface area contributed by atoms with Crippen LogP contribution in [0.4, 0.5) is 14.5 Å². The Morgan fingerprint density at radius 2 is 2.14 bits per heavy atom. The monoisotopic (exact) mass is 552 g/mol. The summed E-state index contributed by atoms with van der Waals surface area (Å²) in [5, 5.41) is 21.1. The van der Waals surface area contributed by atoms with Crippen molar-refractivity contribution in [3.63, 3.8) is 0 Å². The largest absolute Gasteiger partial charge is 0.435 e. The van der Waals surface area contributed by atoms with E-state index in [1.165, 1.54) is 29.3 Å². The number of amides is 1. The van der Waals surface area contributed by atoms with Crippen LogP contribution in [0.15, 0.2) is 52.6 Å². The fourth-order valence-electron chi connectivity index (χ4n) is 3.25. The van der Waals surface area contributed by atoms with Gasteiger partial charge in [0.1, 0.15) is 5.75 Å². The summed E-state index contributed by atoms with van der Waals surface area (Å²) in [7, 11) is 0. The van der Waals surface area contributed by atoms with Crippen molar-refractivity contribution >= 4 is 46.5 Å². The number of hydrogen-bond donors (Lipinski definition) is 3. The number of hydrazone groups is 1. The number of carbonyl (C=O) groups excluding carboxylic acids is 1. The molecule has 0 spiro atoms. The molecule has 9 nitrogen and oxygen atoms in total. The van der Waals surface area contributed by atoms with Crippen LogP contribution in [0.2, 0.25) is 10.0 Å². The van der Waals surface area contributed by atoms with Crippen LogP contribution in [0.25, 0.3) is 0 Å². The molecule has 0 saturated heterocycles. The van der Waals surface area contributed by atoms with Gasteiger partial charge in [0.2, 0.25) is 11.9 Å². The minimum Gasteiger partial charge on any atom is -0.435 e. The number of nitriles is 1. The average Bonchev–Trinajstić information content (AvgIpc) is 3.28. The van der Waals surface area contributed by atoms with Crippen molar-refractivity contribution in [3.8, 4) is 11.9 Å². The Morgan fingerprint density at radius 1 is 1.38 bits per heavy atom. The van der Waals surface area contributed by atoms with Gasteiger partial charge in [-0.2, -0.15) is 19.1 Å². The zero-order valence-corrected chi connectivity index (χ0v) is 21.4. The maximum Gasteiger partial charge on any atom is 0.387 e. The van der Waals surface area contributed by atoms with Crippen LogP contribution < -0.4 is 21.1 Å². The van der Waals surface area contributed by atoms with Gasteiger partial charge >= 0.3 is 6.61 Å². The second-order valence-electron chi connectivity index (χ2n) is 8.45. The van der Waals surface area contributed by atoms with Crippen LogP contribution in [0.5, 0.6) is 5.75 Å². The number of benzene rings is 2. The lowest BCUT2D eigenvalue weighted by atomic mass is 9.88. The third-order valence-corrected chi connectivity index (χ3v) is 6.38. The highest BCUT2D eigenvalue weighted by Gasteiger charge is 2.38. The lowest BCUT2D eigenvalue weighted by molar-refractivity contribution is -0.127. The molecule has 0 radical (unpaired) electrons. The van der Waals surface area contributed by atoms with E-state index in [1.54, 1.807) is 38.2 Å². The summed E-state index contributed by atoms with van der Waals surface area (Å²) in [6, 6.07) is 9.71. The Balaban J connectivity index is 2.00. The lowest BCUT2D eigenvalue weighted by Crippen LogP contribution is -2.59. The highest BCUT2D eigenvalue weighted by atomic mass is 35.5. The van der Waals surface area contributed by atoms with Gasteiger partial charge in [0, 0.05) is 13.0 Å². The van der Waals surface area contributed by atoms with Crippen molar-refractivity contribution in [2.45, 2.75) is 38.9 Å². The minimum absolute atomic E-state index is 0.0351. The molecule has 37 heavy (non-hydrogen) atoms. The number of ether oxygens (including phenoxy) is 1. The molecule has 1 aliphatic rings. The third kappa shape index (κ3) is 6.85. The first-order valence-corrected chi connectivity index (χ1v) is 11.7. The van der Waals surface area contributed by atoms with Gasteiger partial charge < -0.3 is 15.8 Å². The van der Waals surface area contributed by atoms with Crippen LogP contribution in [0.1, 0.15) is 27.7 Å². The number of nitrogens with one attached hydrogen (secondary N) is 2. The fourth-order valence-corrected chi connectivity index (χ4v) is 3.55. The molecule has 0 saturated carbocycles. The summed E-state index contributed by atoms with van der Waals surface area (Å²) in [4.78, 5) is 17.5. The van der Waals surface area contributed by atoms with Gasteiger partial charge in [-0.25, -0.2) is 10.0 Å². The van der Waals surface area contributed by atoms with Crippen molar-refractivity contribution < 1.29 is 19.7 Å². The zero-order valence-electron chi connectivity index (χ0n) is 20.9. The Bertz CT molecular complexity index is 1290. The Kier molecular flexibility index (Phi) is 8.43. The number of rotatable bonds is 7. The molecule has 0 bridgehead atoms. The van der Waals surface area contributed by atoms with E-state index in [9.17, 15) is 18.8 Å². The molecule has 0 fully saturated rings. The molecule has 0 aromatic heterocycles. The van der Waals surface area contributed by atoms with Gasteiger partial charge in [0.15, 0.2) is 6.19 Å².